The quantitative estimate of drug-likeness (QED) is 0.711. The van der Waals surface area contributed by atoms with E-state index in [0.717, 1.165) is 27.1 Å². The standard InChI is InChI=1S/C14H11BrN4S/c1-9-2-3-11(15)8-12(9)19-13(17-18-14(19)20)10-4-6-16-7-5-10/h2-8H,1H3,(H,18,20). The Morgan fingerprint density at radius 1 is 1.20 bits per heavy atom. The highest BCUT2D eigenvalue weighted by Gasteiger charge is 2.12. The lowest BCUT2D eigenvalue weighted by Crippen LogP contribution is -2.00. The Labute approximate surface area is 129 Å². The summed E-state index contributed by atoms with van der Waals surface area (Å²) in [7, 11) is 0. The van der Waals surface area contributed by atoms with E-state index >= 15 is 0 Å². The molecule has 0 aliphatic carbocycles. The molecule has 2 aromatic heterocycles. The van der Waals surface area contributed by atoms with Crippen LogP contribution in [-0.4, -0.2) is 19.7 Å². The van der Waals surface area contributed by atoms with Gasteiger partial charge in [0.2, 0.25) is 0 Å². The summed E-state index contributed by atoms with van der Waals surface area (Å²) >= 11 is 8.87. The van der Waals surface area contributed by atoms with Crippen LogP contribution in [0.5, 0.6) is 0 Å². The molecule has 100 valence electrons. The van der Waals surface area contributed by atoms with E-state index in [9.17, 15) is 0 Å². The zero-order chi connectivity index (χ0) is 14.1. The largest absolute Gasteiger partial charge is 0.268 e. The molecule has 1 aromatic carbocycles. The van der Waals surface area contributed by atoms with Crippen LogP contribution in [-0.2, 0) is 0 Å². The van der Waals surface area contributed by atoms with Gasteiger partial charge in [-0.2, -0.15) is 5.10 Å². The van der Waals surface area contributed by atoms with Crippen LogP contribution < -0.4 is 0 Å². The van der Waals surface area contributed by atoms with Crippen LogP contribution in [0.25, 0.3) is 17.1 Å². The fourth-order valence-electron chi connectivity index (χ4n) is 2.04. The zero-order valence-electron chi connectivity index (χ0n) is 10.7. The van der Waals surface area contributed by atoms with E-state index in [1.165, 1.54) is 0 Å². The van der Waals surface area contributed by atoms with Gasteiger partial charge in [0.15, 0.2) is 10.6 Å². The van der Waals surface area contributed by atoms with E-state index in [2.05, 4.69) is 31.1 Å². The third-order valence-electron chi connectivity index (χ3n) is 3.02. The second-order valence-electron chi connectivity index (χ2n) is 4.35. The minimum atomic E-state index is 0.568. The van der Waals surface area contributed by atoms with Crippen molar-refractivity contribution < 1.29 is 0 Å². The molecule has 20 heavy (non-hydrogen) atoms. The molecule has 6 heteroatoms. The first kappa shape index (κ1) is 13.2. The Hall–Kier alpha value is -1.79. The number of hydrogen-bond donors (Lipinski definition) is 1. The predicted molar refractivity (Wildman–Crippen MR) is 84.4 cm³/mol. The molecule has 0 unspecified atom stereocenters. The topological polar surface area (TPSA) is 46.5 Å². The van der Waals surface area contributed by atoms with Crippen molar-refractivity contribution in [3.63, 3.8) is 0 Å². The number of halogens is 1. The van der Waals surface area contributed by atoms with Crippen LogP contribution in [0.2, 0.25) is 0 Å². The molecule has 2 heterocycles. The summed E-state index contributed by atoms with van der Waals surface area (Å²) in [5.41, 5.74) is 3.10. The van der Waals surface area contributed by atoms with Crippen LogP contribution >= 0.6 is 28.1 Å². The monoisotopic (exact) mass is 346 g/mol. The second kappa shape index (κ2) is 5.30. The Kier molecular flexibility index (Phi) is 3.50. The molecule has 0 aliphatic rings. The van der Waals surface area contributed by atoms with Gasteiger partial charge >= 0.3 is 0 Å². The lowest BCUT2D eigenvalue weighted by atomic mass is 10.2. The lowest BCUT2D eigenvalue weighted by molar-refractivity contribution is 1.02. The average molecular weight is 347 g/mol. The third kappa shape index (κ3) is 2.32. The van der Waals surface area contributed by atoms with Crippen molar-refractivity contribution in [1.82, 2.24) is 19.7 Å². The summed E-state index contributed by atoms with van der Waals surface area (Å²) in [6.45, 7) is 2.05. The number of pyridine rings is 1. The maximum Gasteiger partial charge on any atom is 0.200 e. The molecule has 0 aliphatic heterocycles. The van der Waals surface area contributed by atoms with Crippen LogP contribution in [0.3, 0.4) is 0 Å². The van der Waals surface area contributed by atoms with Crippen LogP contribution in [0.1, 0.15) is 5.56 Å². The molecule has 3 aromatic rings. The van der Waals surface area contributed by atoms with E-state index in [4.69, 9.17) is 12.2 Å². The van der Waals surface area contributed by atoms with Crippen molar-refractivity contribution in [3.05, 3.63) is 57.5 Å². The van der Waals surface area contributed by atoms with Crippen molar-refractivity contribution in [2.75, 3.05) is 0 Å². The van der Waals surface area contributed by atoms with Gasteiger partial charge in [-0.25, -0.2) is 0 Å². The van der Waals surface area contributed by atoms with E-state index in [1.807, 2.05) is 41.8 Å². The molecule has 4 nitrogen and oxygen atoms in total. The van der Waals surface area contributed by atoms with Gasteiger partial charge in [-0.1, -0.05) is 22.0 Å². The molecular formula is C14H11BrN4S. The van der Waals surface area contributed by atoms with Crippen LogP contribution in [0, 0.1) is 11.7 Å². The second-order valence-corrected chi connectivity index (χ2v) is 5.66. The van der Waals surface area contributed by atoms with E-state index in [-0.39, 0.29) is 0 Å². The van der Waals surface area contributed by atoms with Crippen molar-refractivity contribution in [3.8, 4) is 17.1 Å². The van der Waals surface area contributed by atoms with Gasteiger partial charge in [0.25, 0.3) is 0 Å². The fraction of sp³-hybridized carbons (Fsp3) is 0.0714. The maximum atomic E-state index is 5.37. The van der Waals surface area contributed by atoms with Crippen molar-refractivity contribution in [2.24, 2.45) is 0 Å². The smallest absolute Gasteiger partial charge is 0.200 e. The van der Waals surface area contributed by atoms with E-state index in [1.54, 1.807) is 12.4 Å². The Morgan fingerprint density at radius 2 is 1.95 bits per heavy atom. The molecule has 1 N–H and O–H groups in total. The third-order valence-corrected chi connectivity index (χ3v) is 3.79. The van der Waals surface area contributed by atoms with Crippen molar-refractivity contribution in [1.29, 1.82) is 0 Å². The minimum Gasteiger partial charge on any atom is -0.268 e. The van der Waals surface area contributed by atoms with Gasteiger partial charge in [0.1, 0.15) is 0 Å². The molecule has 0 saturated heterocycles. The van der Waals surface area contributed by atoms with E-state index in [0.29, 0.717) is 4.77 Å². The predicted octanol–water partition coefficient (Wildman–Crippen LogP) is 4.06. The number of rotatable bonds is 2. The molecule has 0 fully saturated rings. The SMILES string of the molecule is Cc1ccc(Br)cc1-n1c(-c2ccncc2)n[nH]c1=S. The van der Waals surface area contributed by atoms with E-state index < -0.39 is 0 Å². The highest BCUT2D eigenvalue weighted by molar-refractivity contribution is 9.10. The van der Waals surface area contributed by atoms with Crippen LogP contribution in [0.15, 0.2) is 47.2 Å². The maximum absolute atomic E-state index is 5.37. The number of aryl methyl sites for hydroxylation is 1. The van der Waals surface area contributed by atoms with Crippen molar-refractivity contribution >= 4 is 28.1 Å². The molecule has 0 bridgehead atoms. The lowest BCUT2D eigenvalue weighted by Gasteiger charge is -2.10. The summed E-state index contributed by atoms with van der Waals surface area (Å²) in [4.78, 5) is 4.03. The molecular weight excluding hydrogens is 336 g/mol. The average Bonchev–Trinajstić information content (AvgIpc) is 2.84. The summed E-state index contributed by atoms with van der Waals surface area (Å²) < 4.78 is 3.50. The molecule has 0 amide bonds. The van der Waals surface area contributed by atoms with Gasteiger partial charge in [-0.3, -0.25) is 14.6 Å². The molecule has 0 radical (unpaired) electrons. The van der Waals surface area contributed by atoms with Gasteiger partial charge in [0, 0.05) is 22.4 Å². The molecule has 0 atom stereocenters. The van der Waals surface area contributed by atoms with Gasteiger partial charge in [0.05, 0.1) is 5.69 Å². The first-order valence-corrected chi connectivity index (χ1v) is 7.21. The summed E-state index contributed by atoms with van der Waals surface area (Å²) in [6, 6.07) is 9.91. The number of hydrogen-bond acceptors (Lipinski definition) is 3. The number of aromatic nitrogens is 4. The summed E-state index contributed by atoms with van der Waals surface area (Å²) in [5, 5.41) is 7.20. The van der Waals surface area contributed by atoms with Gasteiger partial charge < -0.3 is 0 Å². The Balaban J connectivity index is 2.27. The number of nitrogens with one attached hydrogen (secondary N) is 1. The van der Waals surface area contributed by atoms with Crippen molar-refractivity contribution in [2.45, 2.75) is 6.92 Å². The number of benzene rings is 1. The van der Waals surface area contributed by atoms with Gasteiger partial charge in [-0.15, -0.1) is 0 Å². The number of aromatic amines is 1. The normalized spacial score (nSPS) is 10.7. The zero-order valence-corrected chi connectivity index (χ0v) is 13.1. The molecule has 3 rings (SSSR count). The summed E-state index contributed by atoms with van der Waals surface area (Å²) in [6.07, 6.45) is 3.48. The number of nitrogens with zero attached hydrogens (tertiary/aromatic N) is 3. The minimum absolute atomic E-state index is 0.568. The molecule has 0 saturated carbocycles. The van der Waals surface area contributed by atoms with Crippen LogP contribution in [0.4, 0.5) is 0 Å². The Morgan fingerprint density at radius 3 is 2.70 bits per heavy atom. The Bertz CT molecular complexity index is 808. The highest BCUT2D eigenvalue weighted by Crippen LogP contribution is 2.25. The number of H-pyrrole nitrogens is 1. The molecule has 0 spiro atoms. The van der Waals surface area contributed by atoms with Gasteiger partial charge in [-0.05, 0) is 49.0 Å². The summed E-state index contributed by atoms with van der Waals surface area (Å²) in [5.74, 6) is 0.776. The first-order valence-electron chi connectivity index (χ1n) is 6.01. The highest BCUT2D eigenvalue weighted by atomic mass is 79.9. The first-order chi connectivity index (χ1) is 9.66. The fourth-order valence-corrected chi connectivity index (χ4v) is 2.62.